The van der Waals surface area contributed by atoms with Gasteiger partial charge in [0.25, 0.3) is 0 Å². The predicted octanol–water partition coefficient (Wildman–Crippen LogP) is -3.07. The molecule has 0 heterocycles. The van der Waals surface area contributed by atoms with Crippen molar-refractivity contribution in [3.05, 3.63) is 25.0 Å². The zero-order valence-electron chi connectivity index (χ0n) is 11.3. The maximum atomic E-state index is 9.87. The largest absolute Gasteiger partial charge is 0.545 e. The van der Waals surface area contributed by atoms with E-state index in [-0.39, 0.29) is 19.0 Å². The van der Waals surface area contributed by atoms with Gasteiger partial charge >= 0.3 is 0 Å². The number of carboxylic acid groups (broad SMARTS) is 2. The van der Waals surface area contributed by atoms with Crippen LogP contribution < -0.4 is 10.2 Å². The number of aliphatic hydroxyl groups excluding tert-OH is 3. The zero-order valence-corrected chi connectivity index (χ0v) is 11.3. The highest BCUT2D eigenvalue weighted by Crippen LogP contribution is 1.91. The van der Waals surface area contributed by atoms with Crippen molar-refractivity contribution in [1.82, 2.24) is 0 Å². The Bertz CT molecular complexity index is 283. The minimum atomic E-state index is -1.34. The van der Waals surface area contributed by atoms with Crippen LogP contribution in [-0.2, 0) is 14.3 Å². The molecule has 0 fully saturated rings. The molecule has 118 valence electrons. The van der Waals surface area contributed by atoms with E-state index in [0.29, 0.717) is 6.61 Å². The number of hydrogen-bond donors (Lipinski definition) is 3. The molecule has 0 amide bonds. The smallest absolute Gasteiger partial charge is 0.134 e. The summed E-state index contributed by atoms with van der Waals surface area (Å²) in [5.74, 6) is -2.87. The average molecular weight is 292 g/mol. The van der Waals surface area contributed by atoms with Crippen molar-refractivity contribution >= 4 is 11.9 Å². The minimum absolute atomic E-state index is 0.295. The molecule has 0 spiro atoms. The SMILES string of the molecule is C=C(OCCC)C(=O)[O-].C=CC(=O)[O-].OCC(O)CO. The van der Waals surface area contributed by atoms with Crippen molar-refractivity contribution < 1.29 is 39.9 Å². The molecule has 8 heteroatoms. The Morgan fingerprint density at radius 3 is 1.85 bits per heavy atom. The van der Waals surface area contributed by atoms with Crippen LogP contribution in [0, 0.1) is 0 Å². The Balaban J connectivity index is -0.000000230. The molecule has 0 unspecified atom stereocenters. The molecule has 0 saturated heterocycles. The van der Waals surface area contributed by atoms with Crippen LogP contribution in [0.3, 0.4) is 0 Å². The summed E-state index contributed by atoms with van der Waals surface area (Å²) in [4.78, 5) is 19.0. The average Bonchev–Trinajstić information content (AvgIpc) is 2.44. The fourth-order valence-electron chi connectivity index (χ4n) is 0.342. The van der Waals surface area contributed by atoms with Crippen LogP contribution in [0.1, 0.15) is 13.3 Å². The highest BCUT2D eigenvalue weighted by molar-refractivity contribution is 5.81. The highest BCUT2D eigenvalue weighted by Gasteiger charge is 1.93. The molecule has 0 bridgehead atoms. The minimum Gasteiger partial charge on any atom is -0.545 e. The van der Waals surface area contributed by atoms with Crippen LogP contribution in [0.5, 0.6) is 0 Å². The first-order valence-corrected chi connectivity index (χ1v) is 5.52. The maximum absolute atomic E-state index is 9.87. The van der Waals surface area contributed by atoms with Crippen LogP contribution >= 0.6 is 0 Å². The number of carboxylic acids is 2. The molecule has 8 nitrogen and oxygen atoms in total. The third-order valence-electron chi connectivity index (χ3n) is 1.30. The quantitative estimate of drug-likeness (QED) is 0.330. The predicted molar refractivity (Wildman–Crippen MR) is 65.8 cm³/mol. The van der Waals surface area contributed by atoms with Gasteiger partial charge in [-0.3, -0.25) is 0 Å². The van der Waals surface area contributed by atoms with E-state index in [4.69, 9.17) is 25.2 Å². The fourth-order valence-corrected chi connectivity index (χ4v) is 0.342. The first-order valence-electron chi connectivity index (χ1n) is 5.52. The van der Waals surface area contributed by atoms with E-state index in [2.05, 4.69) is 17.9 Å². The third-order valence-corrected chi connectivity index (χ3v) is 1.30. The first-order chi connectivity index (χ1) is 9.26. The Hall–Kier alpha value is -1.90. The van der Waals surface area contributed by atoms with Crippen molar-refractivity contribution in [3.8, 4) is 0 Å². The zero-order chi connectivity index (χ0) is 16.6. The van der Waals surface area contributed by atoms with Crippen LogP contribution in [-0.4, -0.2) is 53.2 Å². The Morgan fingerprint density at radius 2 is 1.70 bits per heavy atom. The summed E-state index contributed by atoms with van der Waals surface area (Å²) < 4.78 is 4.60. The van der Waals surface area contributed by atoms with Crippen LogP contribution in [0.2, 0.25) is 0 Å². The highest BCUT2D eigenvalue weighted by atomic mass is 16.5. The summed E-state index contributed by atoms with van der Waals surface area (Å²) in [5, 5.41) is 43.0. The van der Waals surface area contributed by atoms with Crippen molar-refractivity contribution in [1.29, 1.82) is 0 Å². The second kappa shape index (κ2) is 17.1. The van der Waals surface area contributed by atoms with Gasteiger partial charge in [-0.2, -0.15) is 0 Å². The lowest BCUT2D eigenvalue weighted by Gasteiger charge is -2.06. The van der Waals surface area contributed by atoms with Gasteiger partial charge in [0, 0.05) is 0 Å². The van der Waals surface area contributed by atoms with Gasteiger partial charge in [-0.25, -0.2) is 0 Å². The van der Waals surface area contributed by atoms with Gasteiger partial charge in [0.15, 0.2) is 0 Å². The Labute approximate surface area is 117 Å². The lowest BCUT2D eigenvalue weighted by atomic mass is 10.4. The molecule has 0 atom stereocenters. The monoisotopic (exact) mass is 292 g/mol. The van der Waals surface area contributed by atoms with Gasteiger partial charge < -0.3 is 39.9 Å². The Morgan fingerprint density at radius 1 is 1.30 bits per heavy atom. The van der Waals surface area contributed by atoms with Gasteiger partial charge in [-0.15, -0.1) is 0 Å². The van der Waals surface area contributed by atoms with E-state index in [1.54, 1.807) is 0 Å². The van der Waals surface area contributed by atoms with E-state index in [9.17, 15) is 9.90 Å². The van der Waals surface area contributed by atoms with E-state index in [1.807, 2.05) is 6.92 Å². The molecule has 0 aliphatic heterocycles. The van der Waals surface area contributed by atoms with Crippen LogP contribution in [0.15, 0.2) is 25.0 Å². The molecular formula is C12H20O8-2. The number of aliphatic carboxylic acids is 2. The van der Waals surface area contributed by atoms with E-state index in [0.717, 1.165) is 12.5 Å². The molecule has 0 rings (SSSR count). The number of aliphatic hydroxyl groups is 3. The number of rotatable bonds is 7. The lowest BCUT2D eigenvalue weighted by molar-refractivity contribution is -0.303. The molecule has 3 N–H and O–H groups in total. The maximum Gasteiger partial charge on any atom is 0.134 e. The van der Waals surface area contributed by atoms with Crippen LogP contribution in [0.4, 0.5) is 0 Å². The third kappa shape index (κ3) is 25.1. The van der Waals surface area contributed by atoms with Gasteiger partial charge in [0.2, 0.25) is 0 Å². The molecule has 0 aromatic rings. The molecule has 0 aromatic heterocycles. The normalized spacial score (nSPS) is 8.45. The molecule has 0 saturated carbocycles. The summed E-state index contributed by atoms with van der Waals surface area (Å²) in [5.41, 5.74) is 0. The summed E-state index contributed by atoms with van der Waals surface area (Å²) in [6.45, 7) is 7.54. The standard InChI is InChI=1S/C6H10O3.C3H8O3.C3H4O2/c1-3-4-9-5(2)6(7)8;4-1-3(6)2-5;1-2-3(4)5/h2-4H2,1H3,(H,7,8);3-6H,1-2H2;2H,1H2,(H,4,5)/p-2. The summed E-state index contributed by atoms with van der Waals surface area (Å²) in [6.07, 6.45) is 0.539. The van der Waals surface area contributed by atoms with Gasteiger partial charge in [-0.1, -0.05) is 20.1 Å². The fraction of sp³-hybridized carbons (Fsp3) is 0.500. The number of ether oxygens (including phenoxy) is 1. The number of carbonyl (C=O) groups is 2. The van der Waals surface area contributed by atoms with Gasteiger partial charge in [0.05, 0.1) is 25.8 Å². The van der Waals surface area contributed by atoms with Crippen molar-refractivity contribution in [2.24, 2.45) is 0 Å². The lowest BCUT2D eigenvalue weighted by Crippen LogP contribution is -2.25. The van der Waals surface area contributed by atoms with Crippen molar-refractivity contribution in [2.45, 2.75) is 19.4 Å². The first kappa shape index (κ1) is 23.2. The topological polar surface area (TPSA) is 150 Å². The molecule has 0 radical (unpaired) electrons. The van der Waals surface area contributed by atoms with Gasteiger partial charge in [0.1, 0.15) is 17.8 Å². The Kier molecular flexibility index (Phi) is 19.8. The van der Waals surface area contributed by atoms with E-state index >= 15 is 0 Å². The number of hydrogen-bond acceptors (Lipinski definition) is 8. The van der Waals surface area contributed by atoms with E-state index < -0.39 is 18.0 Å². The second-order valence-electron chi connectivity index (χ2n) is 3.10. The van der Waals surface area contributed by atoms with Crippen LogP contribution in [0.25, 0.3) is 0 Å². The molecule has 0 aromatic carbocycles. The molecule has 0 aliphatic carbocycles. The summed E-state index contributed by atoms with van der Waals surface area (Å²) in [7, 11) is 0. The van der Waals surface area contributed by atoms with E-state index in [1.165, 1.54) is 0 Å². The van der Waals surface area contributed by atoms with Crippen molar-refractivity contribution in [2.75, 3.05) is 19.8 Å². The van der Waals surface area contributed by atoms with Crippen molar-refractivity contribution in [3.63, 3.8) is 0 Å². The molecule has 0 aliphatic rings. The number of carbonyl (C=O) groups excluding carboxylic acids is 2. The second-order valence-corrected chi connectivity index (χ2v) is 3.10. The van der Waals surface area contributed by atoms with Gasteiger partial charge in [-0.05, 0) is 12.5 Å². The molecular weight excluding hydrogens is 272 g/mol. The summed E-state index contributed by atoms with van der Waals surface area (Å²) in [6, 6.07) is 0. The molecule has 20 heavy (non-hydrogen) atoms. The summed E-state index contributed by atoms with van der Waals surface area (Å²) >= 11 is 0.